The SMILES string of the molecule is Cc1ccc(N2C(=O)[C@@H]3CS[C@H](c4ccc(C(F)(F)F)cc4)N3C2=O)cc1. The maximum Gasteiger partial charge on any atom is 0.416 e. The third-order valence-electron chi connectivity index (χ3n) is 4.73. The van der Waals surface area contributed by atoms with E-state index in [1.54, 1.807) is 12.1 Å². The van der Waals surface area contributed by atoms with Crippen molar-refractivity contribution < 1.29 is 22.8 Å². The molecular formula is C19H15F3N2O2S. The van der Waals surface area contributed by atoms with Gasteiger partial charge in [0.15, 0.2) is 0 Å². The number of hydrogen-bond acceptors (Lipinski definition) is 3. The molecule has 2 atom stereocenters. The number of hydrogen-bond donors (Lipinski definition) is 0. The van der Waals surface area contributed by atoms with Crippen molar-refractivity contribution in [1.29, 1.82) is 0 Å². The van der Waals surface area contributed by atoms with E-state index in [-0.39, 0.29) is 5.91 Å². The van der Waals surface area contributed by atoms with Crippen molar-refractivity contribution in [2.75, 3.05) is 10.7 Å². The summed E-state index contributed by atoms with van der Waals surface area (Å²) in [5.41, 5.74) is 1.34. The Morgan fingerprint density at radius 2 is 1.63 bits per heavy atom. The Morgan fingerprint density at radius 1 is 1.00 bits per heavy atom. The van der Waals surface area contributed by atoms with Gasteiger partial charge in [-0.3, -0.25) is 9.69 Å². The molecule has 0 radical (unpaired) electrons. The summed E-state index contributed by atoms with van der Waals surface area (Å²) in [4.78, 5) is 28.3. The van der Waals surface area contributed by atoms with E-state index in [0.717, 1.165) is 22.6 Å². The van der Waals surface area contributed by atoms with Crippen molar-refractivity contribution in [3.63, 3.8) is 0 Å². The summed E-state index contributed by atoms with van der Waals surface area (Å²) in [5.74, 6) is 0.115. The average Bonchev–Trinajstić information content (AvgIpc) is 3.16. The fraction of sp³-hybridized carbons (Fsp3) is 0.263. The molecule has 0 saturated carbocycles. The van der Waals surface area contributed by atoms with Gasteiger partial charge in [-0.2, -0.15) is 13.2 Å². The molecule has 2 heterocycles. The smallest absolute Gasteiger partial charge is 0.295 e. The monoisotopic (exact) mass is 392 g/mol. The van der Waals surface area contributed by atoms with Crippen molar-refractivity contribution in [1.82, 2.24) is 4.90 Å². The molecule has 8 heteroatoms. The van der Waals surface area contributed by atoms with E-state index < -0.39 is 29.2 Å². The van der Waals surface area contributed by atoms with Crippen LogP contribution in [0.5, 0.6) is 0 Å². The molecule has 27 heavy (non-hydrogen) atoms. The number of carbonyl (C=O) groups is 2. The van der Waals surface area contributed by atoms with Gasteiger partial charge >= 0.3 is 12.2 Å². The molecule has 0 aromatic heterocycles. The number of thioether (sulfide) groups is 1. The van der Waals surface area contributed by atoms with Crippen LogP contribution >= 0.6 is 11.8 Å². The van der Waals surface area contributed by atoms with Crippen LogP contribution in [0.2, 0.25) is 0 Å². The highest BCUT2D eigenvalue weighted by Gasteiger charge is 2.53. The predicted molar refractivity (Wildman–Crippen MR) is 96.3 cm³/mol. The Balaban J connectivity index is 1.63. The Morgan fingerprint density at radius 3 is 2.22 bits per heavy atom. The van der Waals surface area contributed by atoms with Crippen molar-refractivity contribution in [2.24, 2.45) is 0 Å². The van der Waals surface area contributed by atoms with Gasteiger partial charge in [-0.15, -0.1) is 11.8 Å². The number of halogens is 3. The Kier molecular flexibility index (Phi) is 4.18. The van der Waals surface area contributed by atoms with Crippen molar-refractivity contribution in [2.45, 2.75) is 24.5 Å². The van der Waals surface area contributed by atoms with Gasteiger partial charge in [-0.25, -0.2) is 9.69 Å². The largest absolute Gasteiger partial charge is 0.416 e. The number of benzene rings is 2. The molecule has 0 aliphatic carbocycles. The first-order valence-corrected chi connectivity index (χ1v) is 9.34. The average molecular weight is 392 g/mol. The van der Waals surface area contributed by atoms with Crippen LogP contribution in [0.3, 0.4) is 0 Å². The predicted octanol–water partition coefficient (Wildman–Crippen LogP) is 4.60. The standard InChI is InChI=1S/C19H15F3N2O2S/c1-11-2-8-14(9-3-11)23-16(25)15-10-27-17(24(15)18(23)26)12-4-6-13(7-5-12)19(20,21)22/h2-9,15,17H,10H2,1H3/t15-,17+/m0/s1. The van der Waals surface area contributed by atoms with Crippen LogP contribution in [0.25, 0.3) is 0 Å². The second kappa shape index (κ2) is 6.30. The van der Waals surface area contributed by atoms with E-state index in [4.69, 9.17) is 0 Å². The minimum atomic E-state index is -4.41. The molecule has 3 amide bonds. The number of aryl methyl sites for hydroxylation is 1. The Labute approximate surface area is 157 Å². The lowest BCUT2D eigenvalue weighted by Gasteiger charge is -2.23. The van der Waals surface area contributed by atoms with E-state index in [1.165, 1.54) is 28.8 Å². The van der Waals surface area contributed by atoms with Crippen LogP contribution in [0.1, 0.15) is 22.1 Å². The highest BCUT2D eigenvalue weighted by atomic mass is 32.2. The van der Waals surface area contributed by atoms with Gasteiger partial charge in [-0.1, -0.05) is 29.8 Å². The molecule has 2 aliphatic heterocycles. The molecule has 2 aromatic rings. The van der Waals surface area contributed by atoms with Crippen LogP contribution < -0.4 is 4.90 Å². The van der Waals surface area contributed by atoms with Gasteiger partial charge in [0.2, 0.25) is 0 Å². The molecule has 4 nitrogen and oxygen atoms in total. The topological polar surface area (TPSA) is 40.6 Å². The number of nitrogens with zero attached hydrogens (tertiary/aromatic N) is 2. The lowest BCUT2D eigenvalue weighted by atomic mass is 10.1. The summed E-state index contributed by atoms with van der Waals surface area (Å²) in [5, 5.41) is -0.482. The van der Waals surface area contributed by atoms with Crippen LogP contribution in [0, 0.1) is 6.92 Å². The summed E-state index contributed by atoms with van der Waals surface area (Å²) in [6.45, 7) is 1.91. The van der Waals surface area contributed by atoms with Crippen LogP contribution in [0.15, 0.2) is 48.5 Å². The maximum atomic E-state index is 12.9. The minimum Gasteiger partial charge on any atom is -0.295 e. The van der Waals surface area contributed by atoms with Crippen molar-refractivity contribution in [3.05, 3.63) is 65.2 Å². The summed E-state index contributed by atoms with van der Waals surface area (Å²) < 4.78 is 38.3. The zero-order valence-corrected chi connectivity index (χ0v) is 15.1. The van der Waals surface area contributed by atoms with E-state index in [0.29, 0.717) is 17.0 Å². The van der Waals surface area contributed by atoms with Gasteiger partial charge in [0, 0.05) is 5.75 Å². The summed E-state index contributed by atoms with van der Waals surface area (Å²) in [6.07, 6.45) is -4.41. The summed E-state index contributed by atoms with van der Waals surface area (Å²) in [7, 11) is 0. The molecule has 0 bridgehead atoms. The fourth-order valence-electron chi connectivity index (χ4n) is 3.31. The number of anilines is 1. The van der Waals surface area contributed by atoms with Gasteiger partial charge in [0.25, 0.3) is 5.91 Å². The Bertz CT molecular complexity index is 897. The van der Waals surface area contributed by atoms with Crippen molar-refractivity contribution in [3.8, 4) is 0 Å². The van der Waals surface area contributed by atoms with E-state index in [1.807, 2.05) is 19.1 Å². The van der Waals surface area contributed by atoms with Crippen molar-refractivity contribution >= 4 is 29.4 Å². The van der Waals surface area contributed by atoms with E-state index >= 15 is 0 Å². The third-order valence-corrected chi connectivity index (χ3v) is 6.06. The number of imide groups is 1. The fourth-order valence-corrected chi connectivity index (χ4v) is 4.73. The molecule has 0 spiro atoms. The molecule has 2 saturated heterocycles. The van der Waals surface area contributed by atoms with Crippen LogP contribution in [0.4, 0.5) is 23.7 Å². The quantitative estimate of drug-likeness (QED) is 0.702. The minimum absolute atomic E-state index is 0.300. The number of carbonyl (C=O) groups excluding carboxylic acids is 2. The highest BCUT2D eigenvalue weighted by Crippen LogP contribution is 2.46. The lowest BCUT2D eigenvalue weighted by Crippen LogP contribution is -2.33. The first-order chi connectivity index (χ1) is 12.8. The molecule has 0 N–H and O–H groups in total. The van der Waals surface area contributed by atoms with Crippen LogP contribution in [-0.4, -0.2) is 28.6 Å². The molecule has 2 fully saturated rings. The molecule has 2 aromatic carbocycles. The zero-order chi connectivity index (χ0) is 19.3. The second-order valence-electron chi connectivity index (χ2n) is 6.52. The lowest BCUT2D eigenvalue weighted by molar-refractivity contribution is -0.137. The second-order valence-corrected chi connectivity index (χ2v) is 7.63. The molecular weight excluding hydrogens is 377 g/mol. The molecule has 0 unspecified atom stereocenters. The Hall–Kier alpha value is -2.48. The van der Waals surface area contributed by atoms with Gasteiger partial charge in [0.05, 0.1) is 11.3 Å². The third kappa shape index (κ3) is 2.97. The summed E-state index contributed by atoms with van der Waals surface area (Å²) in [6, 6.07) is 10.8. The van der Waals surface area contributed by atoms with E-state index in [9.17, 15) is 22.8 Å². The van der Waals surface area contributed by atoms with Gasteiger partial charge in [0.1, 0.15) is 11.4 Å². The summed E-state index contributed by atoms with van der Waals surface area (Å²) >= 11 is 1.38. The van der Waals surface area contributed by atoms with Gasteiger partial charge < -0.3 is 0 Å². The highest BCUT2D eigenvalue weighted by molar-refractivity contribution is 7.99. The van der Waals surface area contributed by atoms with Gasteiger partial charge in [-0.05, 0) is 36.8 Å². The maximum absolute atomic E-state index is 12.9. The number of fused-ring (bicyclic) bond motifs is 1. The number of amides is 3. The first-order valence-electron chi connectivity index (χ1n) is 8.29. The molecule has 4 rings (SSSR count). The first kappa shape index (κ1) is 17.9. The zero-order valence-electron chi connectivity index (χ0n) is 14.2. The molecule has 2 aliphatic rings. The molecule has 140 valence electrons. The van der Waals surface area contributed by atoms with Crippen LogP contribution in [-0.2, 0) is 11.0 Å². The van der Waals surface area contributed by atoms with E-state index in [2.05, 4.69) is 0 Å². The number of urea groups is 1. The normalized spacial score (nSPS) is 22.5. The number of rotatable bonds is 2. The number of alkyl halides is 3.